The van der Waals surface area contributed by atoms with Gasteiger partial charge in [0.25, 0.3) is 0 Å². The molecule has 3 aromatic carbocycles. The molecule has 0 N–H and O–H groups in total. The van der Waals surface area contributed by atoms with Gasteiger partial charge in [-0.25, -0.2) is 0 Å². The summed E-state index contributed by atoms with van der Waals surface area (Å²) < 4.78 is 46.4. The van der Waals surface area contributed by atoms with Crippen LogP contribution in [0.4, 0.5) is 0 Å². The molecule has 7 nitrogen and oxygen atoms in total. The van der Waals surface area contributed by atoms with Crippen LogP contribution in [0, 0.1) is 0 Å². The molecule has 270 valence electrons. The maximum atomic E-state index is 7.18. The molecule has 3 aliphatic rings. The first kappa shape index (κ1) is 37.0. The van der Waals surface area contributed by atoms with Gasteiger partial charge in [0.05, 0.1) is 50.0 Å². The Morgan fingerprint density at radius 1 is 0.760 bits per heavy atom. The number of fused-ring (bicyclic) bond motifs is 1. The van der Waals surface area contributed by atoms with Crippen LogP contribution >= 0.6 is 0 Å². The Hall–Kier alpha value is -2.82. The van der Waals surface area contributed by atoms with Gasteiger partial charge in [-0.3, -0.25) is 0 Å². The summed E-state index contributed by atoms with van der Waals surface area (Å²) in [5.74, 6) is 0.930. The number of allylic oxidation sites excluding steroid dienone is 1. The molecule has 0 bridgehead atoms. The molecule has 6 rings (SSSR count). The second kappa shape index (κ2) is 17.1. The number of benzene rings is 3. The van der Waals surface area contributed by atoms with Crippen molar-refractivity contribution in [2.24, 2.45) is 0 Å². The maximum absolute atomic E-state index is 7.18. The smallest absolute Gasteiger partial charge is 0.192 e. The molecule has 3 aliphatic heterocycles. The summed E-state index contributed by atoms with van der Waals surface area (Å²) in [6.45, 7) is 13.7. The Balaban J connectivity index is 1.16. The first-order chi connectivity index (χ1) is 24.1. The lowest BCUT2D eigenvalue weighted by Crippen LogP contribution is -2.54. The van der Waals surface area contributed by atoms with Crippen molar-refractivity contribution in [3.8, 4) is 0 Å². The second-order valence-corrected chi connectivity index (χ2v) is 20.1. The molecule has 2 saturated heterocycles. The first-order valence-electron chi connectivity index (χ1n) is 18.4. The minimum Gasteiger partial charge on any atom is -0.490 e. The van der Waals surface area contributed by atoms with Crippen molar-refractivity contribution in [3.63, 3.8) is 0 Å². The van der Waals surface area contributed by atoms with Crippen LogP contribution in [-0.4, -0.2) is 58.2 Å². The number of rotatable bonds is 13. The van der Waals surface area contributed by atoms with E-state index >= 15 is 0 Å². The zero-order chi connectivity index (χ0) is 35.0. The van der Waals surface area contributed by atoms with Crippen LogP contribution < -0.4 is 0 Å². The van der Waals surface area contributed by atoms with Gasteiger partial charge in [0.2, 0.25) is 0 Å². The Morgan fingerprint density at radius 3 is 2.10 bits per heavy atom. The van der Waals surface area contributed by atoms with Crippen molar-refractivity contribution in [2.45, 2.75) is 127 Å². The Labute approximate surface area is 300 Å². The van der Waals surface area contributed by atoms with Crippen LogP contribution in [0.2, 0.25) is 18.1 Å². The molecule has 3 aromatic rings. The zero-order valence-electron chi connectivity index (χ0n) is 30.5. The van der Waals surface area contributed by atoms with E-state index in [1.54, 1.807) is 0 Å². The molecule has 0 saturated carbocycles. The largest absolute Gasteiger partial charge is 0.490 e. The standard InChI is InChI=1S/C42H56O7Si/c1-42(2,3)50(4,5)49-39-27-37(44-29-32-18-11-7-12-19-32)36(24-25-43-28-31-16-9-6-10-17-31)47-38(39)26-34-22-15-23-35-40(46-34)30-45-41(48-35)33-20-13-8-14-21-33/h6-14,16-22,35-41H,15,23-30H2,1-5H3/t35-,36-,37+,38+,39-,40+,41+/m0/s1. The topological polar surface area (TPSA) is 64.6 Å². The van der Waals surface area contributed by atoms with E-state index in [9.17, 15) is 0 Å². The quantitative estimate of drug-likeness (QED) is 0.130. The summed E-state index contributed by atoms with van der Waals surface area (Å²) >= 11 is 0. The third-order valence-corrected chi connectivity index (χ3v) is 15.1. The lowest BCUT2D eigenvalue weighted by Gasteiger charge is -2.47. The molecule has 0 unspecified atom stereocenters. The molecule has 0 aliphatic carbocycles. The van der Waals surface area contributed by atoms with Gasteiger partial charge in [0.1, 0.15) is 12.2 Å². The van der Waals surface area contributed by atoms with Crippen LogP contribution in [0.15, 0.2) is 103 Å². The Bertz CT molecular complexity index is 1480. The van der Waals surface area contributed by atoms with Crippen molar-refractivity contribution in [3.05, 3.63) is 120 Å². The van der Waals surface area contributed by atoms with Gasteiger partial charge in [-0.05, 0) is 54.6 Å². The minimum absolute atomic E-state index is 0.0421. The second-order valence-electron chi connectivity index (χ2n) is 15.4. The maximum Gasteiger partial charge on any atom is 0.192 e. The van der Waals surface area contributed by atoms with Crippen LogP contribution in [0.3, 0.4) is 0 Å². The monoisotopic (exact) mass is 700 g/mol. The van der Waals surface area contributed by atoms with Crippen molar-refractivity contribution in [1.82, 2.24) is 0 Å². The van der Waals surface area contributed by atoms with Crippen molar-refractivity contribution < 1.29 is 32.8 Å². The number of ether oxygens (including phenoxy) is 6. The lowest BCUT2D eigenvalue weighted by atomic mass is 9.94. The SMILES string of the molecule is CC(C)(C)[Si](C)(C)O[C@H]1C[C@@H](OCc2ccccc2)[C@H](CCOCc2ccccc2)O[C@@H]1CC1=CCC[C@@H]2O[C@H](c3ccccc3)OC[C@H]2O1. The zero-order valence-corrected chi connectivity index (χ0v) is 31.5. The normalized spacial score (nSPS) is 27.5. The Kier molecular flexibility index (Phi) is 12.7. The van der Waals surface area contributed by atoms with Crippen LogP contribution in [0.1, 0.15) is 75.9 Å². The molecule has 0 spiro atoms. The minimum atomic E-state index is -2.15. The van der Waals surface area contributed by atoms with Gasteiger partial charge in [0, 0.05) is 25.0 Å². The lowest BCUT2D eigenvalue weighted by molar-refractivity contribution is -0.260. The van der Waals surface area contributed by atoms with E-state index in [0.717, 1.165) is 48.1 Å². The molecule has 50 heavy (non-hydrogen) atoms. The van der Waals surface area contributed by atoms with E-state index in [1.807, 2.05) is 42.5 Å². The highest BCUT2D eigenvalue weighted by molar-refractivity contribution is 6.74. The third-order valence-electron chi connectivity index (χ3n) is 10.6. The van der Waals surface area contributed by atoms with Crippen LogP contribution in [0.25, 0.3) is 0 Å². The van der Waals surface area contributed by atoms with E-state index < -0.39 is 8.32 Å². The van der Waals surface area contributed by atoms with Gasteiger partial charge in [0.15, 0.2) is 14.6 Å². The average Bonchev–Trinajstić information content (AvgIpc) is 3.32. The fourth-order valence-electron chi connectivity index (χ4n) is 6.67. The van der Waals surface area contributed by atoms with Gasteiger partial charge in [-0.1, -0.05) is 112 Å². The average molecular weight is 701 g/mol. The molecule has 2 fully saturated rings. The fourth-order valence-corrected chi connectivity index (χ4v) is 8.02. The van der Waals surface area contributed by atoms with E-state index in [4.69, 9.17) is 32.8 Å². The van der Waals surface area contributed by atoms with E-state index in [1.165, 1.54) is 0 Å². The Morgan fingerprint density at radius 2 is 1.42 bits per heavy atom. The highest BCUT2D eigenvalue weighted by atomic mass is 28.4. The summed E-state index contributed by atoms with van der Waals surface area (Å²) in [4.78, 5) is 0. The van der Waals surface area contributed by atoms with Crippen LogP contribution in [0.5, 0.6) is 0 Å². The van der Waals surface area contributed by atoms with Crippen molar-refractivity contribution in [1.29, 1.82) is 0 Å². The predicted molar refractivity (Wildman–Crippen MR) is 198 cm³/mol. The number of hydrogen-bond acceptors (Lipinski definition) is 7. The summed E-state index contributed by atoms with van der Waals surface area (Å²) in [6, 6.07) is 30.8. The molecule has 0 radical (unpaired) electrons. The third kappa shape index (κ3) is 9.94. The van der Waals surface area contributed by atoms with E-state index in [0.29, 0.717) is 32.8 Å². The molecule has 3 heterocycles. The van der Waals surface area contributed by atoms with E-state index in [2.05, 4.69) is 88.5 Å². The van der Waals surface area contributed by atoms with Crippen molar-refractivity contribution >= 4 is 8.32 Å². The molecule has 0 amide bonds. The summed E-state index contributed by atoms with van der Waals surface area (Å²) in [5, 5.41) is 0.0530. The van der Waals surface area contributed by atoms with Crippen molar-refractivity contribution in [2.75, 3.05) is 13.2 Å². The summed E-state index contributed by atoms with van der Waals surface area (Å²) in [6.07, 6.45) is 4.88. The fraction of sp³-hybridized carbons (Fsp3) is 0.524. The molecule has 0 aromatic heterocycles. The molecular formula is C42H56O7Si. The first-order valence-corrected chi connectivity index (χ1v) is 21.3. The summed E-state index contributed by atoms with van der Waals surface area (Å²) in [5.41, 5.74) is 3.34. The molecule has 8 heteroatoms. The number of hydrogen-bond donors (Lipinski definition) is 0. The van der Waals surface area contributed by atoms with Gasteiger partial charge >= 0.3 is 0 Å². The van der Waals surface area contributed by atoms with Gasteiger partial charge in [-0.2, -0.15) is 0 Å². The van der Waals surface area contributed by atoms with Crippen LogP contribution in [-0.2, 0) is 46.1 Å². The van der Waals surface area contributed by atoms with E-state index in [-0.39, 0.29) is 48.0 Å². The highest BCUT2D eigenvalue weighted by Gasteiger charge is 2.46. The molecular weight excluding hydrogens is 645 g/mol. The molecule has 7 atom stereocenters. The summed E-state index contributed by atoms with van der Waals surface area (Å²) in [7, 11) is -2.15. The van der Waals surface area contributed by atoms with Gasteiger partial charge < -0.3 is 32.8 Å². The highest BCUT2D eigenvalue weighted by Crippen LogP contribution is 2.41. The predicted octanol–water partition coefficient (Wildman–Crippen LogP) is 9.29. The van der Waals surface area contributed by atoms with Gasteiger partial charge in [-0.15, -0.1) is 0 Å².